The summed E-state index contributed by atoms with van der Waals surface area (Å²) in [6.45, 7) is 7.52. The van der Waals surface area contributed by atoms with Crippen LogP contribution < -0.4 is 14.8 Å². The third kappa shape index (κ3) is 5.44. The highest BCUT2D eigenvalue weighted by Gasteiger charge is 2.23. The Balaban J connectivity index is 1.65. The van der Waals surface area contributed by atoms with Crippen LogP contribution in [0.2, 0.25) is 0 Å². The summed E-state index contributed by atoms with van der Waals surface area (Å²) in [5.41, 5.74) is 1.70. The molecule has 1 atom stereocenters. The lowest BCUT2D eigenvalue weighted by molar-refractivity contribution is -0.130. The number of hydrogen-bond donors (Lipinski definition) is 1. The first-order chi connectivity index (χ1) is 14.0. The molecule has 29 heavy (non-hydrogen) atoms. The molecule has 1 unspecified atom stereocenters. The third-order valence-corrected chi connectivity index (χ3v) is 5.64. The van der Waals surface area contributed by atoms with Crippen LogP contribution in [0.1, 0.15) is 26.3 Å². The number of fused-ring (bicyclic) bond motifs is 1. The normalized spacial score (nSPS) is 13.5. The van der Waals surface area contributed by atoms with Crippen LogP contribution in [0.15, 0.2) is 47.4 Å². The smallest absolute Gasteiger partial charge is 0.236 e. The summed E-state index contributed by atoms with van der Waals surface area (Å²) in [5.74, 6) is 1.43. The lowest BCUT2D eigenvalue weighted by atomic mass is 10.1. The van der Waals surface area contributed by atoms with Crippen molar-refractivity contribution in [3.8, 4) is 11.5 Å². The maximum Gasteiger partial charge on any atom is 0.236 e. The lowest BCUT2D eigenvalue weighted by Crippen LogP contribution is -2.36. The van der Waals surface area contributed by atoms with E-state index in [1.807, 2.05) is 61.2 Å². The molecule has 0 saturated heterocycles. The number of rotatable bonds is 7. The van der Waals surface area contributed by atoms with E-state index < -0.39 is 0 Å². The van der Waals surface area contributed by atoms with E-state index in [1.165, 1.54) is 18.7 Å². The molecule has 0 saturated carbocycles. The molecule has 0 aliphatic carbocycles. The molecule has 1 aliphatic rings. The highest BCUT2D eigenvalue weighted by molar-refractivity contribution is 8.00. The van der Waals surface area contributed by atoms with Crippen LogP contribution in [0.5, 0.6) is 11.5 Å². The molecule has 3 rings (SSSR count). The van der Waals surface area contributed by atoms with E-state index in [2.05, 4.69) is 5.32 Å². The minimum atomic E-state index is -0.238. The second kappa shape index (κ2) is 9.69. The van der Waals surface area contributed by atoms with Gasteiger partial charge in [0.05, 0.1) is 5.25 Å². The Morgan fingerprint density at radius 3 is 2.55 bits per heavy atom. The zero-order valence-corrected chi connectivity index (χ0v) is 17.8. The standard InChI is InChI=1S/C22H26N2O4S/c1-4-24(14-17-6-5-7-20-21(17)28-13-12-27-20)22(26)15(2)29-19-10-8-18(9-11-19)23-16(3)25/h5-11,15H,4,12-14H2,1-3H3,(H,23,25). The average molecular weight is 415 g/mol. The van der Waals surface area contributed by atoms with Crippen molar-refractivity contribution in [3.63, 3.8) is 0 Å². The molecular formula is C22H26N2O4S. The van der Waals surface area contributed by atoms with Crippen LogP contribution in [-0.2, 0) is 16.1 Å². The van der Waals surface area contributed by atoms with Gasteiger partial charge in [0.2, 0.25) is 11.8 Å². The highest BCUT2D eigenvalue weighted by atomic mass is 32.2. The molecule has 0 aromatic heterocycles. The van der Waals surface area contributed by atoms with E-state index >= 15 is 0 Å². The summed E-state index contributed by atoms with van der Waals surface area (Å²) in [5, 5.41) is 2.50. The van der Waals surface area contributed by atoms with Crippen molar-refractivity contribution in [2.75, 3.05) is 25.1 Å². The van der Waals surface area contributed by atoms with Crippen molar-refractivity contribution in [3.05, 3.63) is 48.0 Å². The van der Waals surface area contributed by atoms with Gasteiger partial charge in [0, 0.05) is 36.2 Å². The van der Waals surface area contributed by atoms with Gasteiger partial charge in [0.15, 0.2) is 11.5 Å². The first-order valence-electron chi connectivity index (χ1n) is 9.68. The Labute approximate surface area is 175 Å². The van der Waals surface area contributed by atoms with Gasteiger partial charge >= 0.3 is 0 Å². The molecule has 2 aromatic rings. The van der Waals surface area contributed by atoms with Crippen molar-refractivity contribution >= 4 is 29.3 Å². The summed E-state index contributed by atoms with van der Waals surface area (Å²) in [6.07, 6.45) is 0. The SMILES string of the molecule is CCN(Cc1cccc2c1OCCO2)C(=O)C(C)Sc1ccc(NC(C)=O)cc1. The Bertz CT molecular complexity index is 870. The number of anilines is 1. The second-order valence-electron chi connectivity index (χ2n) is 6.76. The highest BCUT2D eigenvalue weighted by Crippen LogP contribution is 2.34. The molecular weight excluding hydrogens is 388 g/mol. The molecule has 0 bridgehead atoms. The van der Waals surface area contributed by atoms with Crippen LogP contribution >= 0.6 is 11.8 Å². The van der Waals surface area contributed by atoms with Gasteiger partial charge < -0.3 is 19.7 Å². The summed E-state index contributed by atoms with van der Waals surface area (Å²) in [7, 11) is 0. The van der Waals surface area contributed by atoms with Crippen molar-refractivity contribution in [2.24, 2.45) is 0 Å². The van der Waals surface area contributed by atoms with Crippen LogP contribution in [0, 0.1) is 0 Å². The molecule has 1 aliphatic heterocycles. The number of hydrogen-bond acceptors (Lipinski definition) is 5. The number of para-hydroxylation sites is 1. The zero-order chi connectivity index (χ0) is 20.8. The van der Waals surface area contributed by atoms with Gasteiger partial charge in [-0.25, -0.2) is 0 Å². The number of nitrogens with zero attached hydrogens (tertiary/aromatic N) is 1. The zero-order valence-electron chi connectivity index (χ0n) is 16.9. The fourth-order valence-electron chi connectivity index (χ4n) is 3.14. The van der Waals surface area contributed by atoms with Gasteiger partial charge in [-0.1, -0.05) is 12.1 Å². The molecule has 154 valence electrons. The summed E-state index contributed by atoms with van der Waals surface area (Å²) >= 11 is 1.50. The molecule has 7 heteroatoms. The van der Waals surface area contributed by atoms with Crippen LogP contribution in [0.25, 0.3) is 0 Å². The predicted octanol–water partition coefficient (Wildman–Crippen LogP) is 3.95. The molecule has 1 N–H and O–H groups in total. The number of thioether (sulfide) groups is 1. The molecule has 0 fully saturated rings. The van der Waals surface area contributed by atoms with E-state index in [9.17, 15) is 9.59 Å². The first-order valence-corrected chi connectivity index (χ1v) is 10.6. The van der Waals surface area contributed by atoms with E-state index in [4.69, 9.17) is 9.47 Å². The number of benzene rings is 2. The minimum absolute atomic E-state index is 0.0674. The summed E-state index contributed by atoms with van der Waals surface area (Å²) < 4.78 is 11.4. The summed E-state index contributed by atoms with van der Waals surface area (Å²) in [6, 6.07) is 13.3. The Morgan fingerprint density at radius 1 is 1.14 bits per heavy atom. The largest absolute Gasteiger partial charge is 0.486 e. The molecule has 1 heterocycles. The summed E-state index contributed by atoms with van der Waals surface area (Å²) in [4.78, 5) is 27.0. The monoisotopic (exact) mass is 414 g/mol. The van der Waals surface area contributed by atoms with Gasteiger partial charge in [-0.15, -0.1) is 11.8 Å². The maximum atomic E-state index is 13.0. The second-order valence-corrected chi connectivity index (χ2v) is 8.17. The number of carbonyl (C=O) groups excluding carboxylic acids is 2. The number of amides is 2. The maximum absolute atomic E-state index is 13.0. The fourth-order valence-corrected chi connectivity index (χ4v) is 4.09. The predicted molar refractivity (Wildman–Crippen MR) is 115 cm³/mol. The molecule has 2 amide bonds. The Morgan fingerprint density at radius 2 is 1.86 bits per heavy atom. The third-order valence-electron chi connectivity index (χ3n) is 4.54. The van der Waals surface area contributed by atoms with E-state index in [0.29, 0.717) is 26.3 Å². The van der Waals surface area contributed by atoms with Gasteiger partial charge in [-0.05, 0) is 44.2 Å². The van der Waals surface area contributed by atoms with Gasteiger partial charge in [0.1, 0.15) is 13.2 Å². The van der Waals surface area contributed by atoms with Gasteiger partial charge in [-0.2, -0.15) is 0 Å². The quantitative estimate of drug-likeness (QED) is 0.695. The van der Waals surface area contributed by atoms with Gasteiger partial charge in [-0.3, -0.25) is 9.59 Å². The van der Waals surface area contributed by atoms with E-state index in [0.717, 1.165) is 27.6 Å². The number of nitrogens with one attached hydrogen (secondary N) is 1. The molecule has 6 nitrogen and oxygen atoms in total. The van der Waals surface area contributed by atoms with Crippen LogP contribution in [0.3, 0.4) is 0 Å². The van der Waals surface area contributed by atoms with Gasteiger partial charge in [0.25, 0.3) is 0 Å². The fraction of sp³-hybridized carbons (Fsp3) is 0.364. The molecule has 0 radical (unpaired) electrons. The topological polar surface area (TPSA) is 67.9 Å². The lowest BCUT2D eigenvalue weighted by Gasteiger charge is -2.27. The number of ether oxygens (including phenoxy) is 2. The van der Waals surface area contributed by atoms with Crippen molar-refractivity contribution in [1.29, 1.82) is 0 Å². The Kier molecular flexibility index (Phi) is 7.04. The average Bonchev–Trinajstić information content (AvgIpc) is 2.72. The first kappa shape index (κ1) is 21.0. The van der Waals surface area contributed by atoms with Crippen molar-refractivity contribution < 1.29 is 19.1 Å². The van der Waals surface area contributed by atoms with E-state index in [-0.39, 0.29) is 17.1 Å². The van der Waals surface area contributed by atoms with Crippen molar-refractivity contribution in [1.82, 2.24) is 4.90 Å². The Hall–Kier alpha value is -2.67. The molecule has 0 spiro atoms. The van der Waals surface area contributed by atoms with Crippen LogP contribution in [0.4, 0.5) is 5.69 Å². The number of carbonyl (C=O) groups is 2. The van der Waals surface area contributed by atoms with Crippen LogP contribution in [-0.4, -0.2) is 41.7 Å². The van der Waals surface area contributed by atoms with E-state index in [1.54, 1.807) is 0 Å². The minimum Gasteiger partial charge on any atom is -0.486 e. The molecule has 2 aromatic carbocycles. The van der Waals surface area contributed by atoms with Crippen molar-refractivity contribution in [2.45, 2.75) is 37.5 Å².